The Kier molecular flexibility index (Phi) is 1.61. The SMILES string of the molecule is [CH2]c1cccc2cc(C)ccc12. The molecular formula is C12H11. The largest absolute Gasteiger partial charge is 0.0614 e. The molecular weight excluding hydrogens is 144 g/mol. The van der Waals surface area contributed by atoms with Crippen LogP contribution in [0, 0.1) is 13.8 Å². The van der Waals surface area contributed by atoms with E-state index in [0.717, 1.165) is 5.56 Å². The van der Waals surface area contributed by atoms with Gasteiger partial charge in [0.15, 0.2) is 0 Å². The van der Waals surface area contributed by atoms with Crippen LogP contribution in [0.3, 0.4) is 0 Å². The summed E-state index contributed by atoms with van der Waals surface area (Å²) < 4.78 is 0. The van der Waals surface area contributed by atoms with Crippen molar-refractivity contribution in [1.29, 1.82) is 0 Å². The van der Waals surface area contributed by atoms with E-state index in [1.54, 1.807) is 0 Å². The van der Waals surface area contributed by atoms with Gasteiger partial charge in [0.1, 0.15) is 0 Å². The molecule has 2 aromatic carbocycles. The van der Waals surface area contributed by atoms with Crippen molar-refractivity contribution in [2.45, 2.75) is 6.92 Å². The fourth-order valence-electron chi connectivity index (χ4n) is 1.47. The summed E-state index contributed by atoms with van der Waals surface area (Å²) in [5.74, 6) is 0. The van der Waals surface area contributed by atoms with Crippen molar-refractivity contribution in [3.8, 4) is 0 Å². The van der Waals surface area contributed by atoms with Crippen LogP contribution in [0.1, 0.15) is 11.1 Å². The topological polar surface area (TPSA) is 0 Å². The molecule has 2 aromatic rings. The Morgan fingerprint density at radius 1 is 1.08 bits per heavy atom. The van der Waals surface area contributed by atoms with Crippen molar-refractivity contribution in [2.75, 3.05) is 0 Å². The normalized spacial score (nSPS) is 10.5. The summed E-state index contributed by atoms with van der Waals surface area (Å²) >= 11 is 0. The quantitative estimate of drug-likeness (QED) is 0.547. The molecule has 0 saturated heterocycles. The maximum absolute atomic E-state index is 3.98. The fourth-order valence-corrected chi connectivity index (χ4v) is 1.47. The van der Waals surface area contributed by atoms with Crippen LogP contribution in [0.25, 0.3) is 10.8 Å². The van der Waals surface area contributed by atoms with Crippen LogP contribution in [0.2, 0.25) is 0 Å². The molecule has 0 heterocycles. The highest BCUT2D eigenvalue weighted by Gasteiger charge is 1.94. The molecule has 0 atom stereocenters. The predicted octanol–water partition coefficient (Wildman–Crippen LogP) is 3.33. The summed E-state index contributed by atoms with van der Waals surface area (Å²) in [5.41, 5.74) is 2.40. The molecule has 0 N–H and O–H groups in total. The monoisotopic (exact) mass is 155 g/mol. The van der Waals surface area contributed by atoms with E-state index < -0.39 is 0 Å². The second-order valence-corrected chi connectivity index (χ2v) is 3.14. The van der Waals surface area contributed by atoms with Crippen LogP contribution in [0.4, 0.5) is 0 Å². The Labute approximate surface area is 72.8 Å². The Morgan fingerprint density at radius 3 is 2.75 bits per heavy atom. The van der Waals surface area contributed by atoms with E-state index in [1.165, 1.54) is 16.3 Å². The molecule has 0 unspecified atom stereocenters. The Hall–Kier alpha value is -1.30. The van der Waals surface area contributed by atoms with E-state index in [2.05, 4.69) is 38.1 Å². The average Bonchev–Trinajstić information content (AvgIpc) is 2.04. The van der Waals surface area contributed by atoms with Gasteiger partial charge in [0.05, 0.1) is 0 Å². The van der Waals surface area contributed by atoms with E-state index >= 15 is 0 Å². The molecule has 0 amide bonds. The van der Waals surface area contributed by atoms with Crippen LogP contribution in [0.5, 0.6) is 0 Å². The molecule has 0 bridgehead atoms. The summed E-state index contributed by atoms with van der Waals surface area (Å²) in [6.45, 7) is 6.08. The lowest BCUT2D eigenvalue weighted by atomic mass is 10.0. The highest BCUT2D eigenvalue weighted by Crippen LogP contribution is 2.18. The number of rotatable bonds is 0. The average molecular weight is 155 g/mol. The van der Waals surface area contributed by atoms with Crippen molar-refractivity contribution in [2.24, 2.45) is 0 Å². The van der Waals surface area contributed by atoms with Gasteiger partial charge in [-0.1, -0.05) is 42.0 Å². The number of fused-ring (bicyclic) bond motifs is 1. The first-order chi connectivity index (χ1) is 5.77. The van der Waals surface area contributed by atoms with Crippen LogP contribution >= 0.6 is 0 Å². The summed E-state index contributed by atoms with van der Waals surface area (Å²) in [7, 11) is 0. The lowest BCUT2D eigenvalue weighted by molar-refractivity contribution is 1.50. The molecule has 0 saturated carbocycles. The second kappa shape index (κ2) is 2.63. The molecule has 0 aliphatic heterocycles. The van der Waals surface area contributed by atoms with Gasteiger partial charge in [-0.25, -0.2) is 0 Å². The van der Waals surface area contributed by atoms with Crippen molar-refractivity contribution >= 4 is 10.8 Å². The molecule has 59 valence electrons. The second-order valence-electron chi connectivity index (χ2n) is 3.14. The minimum absolute atomic E-state index is 1.10. The number of hydrogen-bond donors (Lipinski definition) is 0. The Balaban J connectivity index is 2.86. The minimum Gasteiger partial charge on any atom is -0.0614 e. The van der Waals surface area contributed by atoms with Gasteiger partial charge >= 0.3 is 0 Å². The number of benzene rings is 2. The van der Waals surface area contributed by atoms with Gasteiger partial charge in [0, 0.05) is 0 Å². The Morgan fingerprint density at radius 2 is 1.92 bits per heavy atom. The summed E-state index contributed by atoms with van der Waals surface area (Å²) in [6, 6.07) is 12.6. The molecule has 0 spiro atoms. The molecule has 0 nitrogen and oxygen atoms in total. The summed E-state index contributed by atoms with van der Waals surface area (Å²) in [6.07, 6.45) is 0. The Bertz CT molecular complexity index is 413. The van der Waals surface area contributed by atoms with E-state index in [0.29, 0.717) is 0 Å². The van der Waals surface area contributed by atoms with E-state index in [-0.39, 0.29) is 0 Å². The van der Waals surface area contributed by atoms with Crippen LogP contribution in [0.15, 0.2) is 36.4 Å². The maximum atomic E-state index is 3.98. The molecule has 0 heteroatoms. The summed E-state index contributed by atoms with van der Waals surface area (Å²) in [4.78, 5) is 0. The van der Waals surface area contributed by atoms with Gasteiger partial charge in [-0.2, -0.15) is 0 Å². The van der Waals surface area contributed by atoms with Crippen molar-refractivity contribution < 1.29 is 0 Å². The van der Waals surface area contributed by atoms with Gasteiger partial charge in [-0.3, -0.25) is 0 Å². The standard InChI is InChI=1S/C12H11/c1-9-6-7-12-10(2)4-3-5-11(12)8-9/h3-8H,2H2,1H3. The van der Waals surface area contributed by atoms with E-state index in [9.17, 15) is 0 Å². The van der Waals surface area contributed by atoms with Crippen LogP contribution in [-0.4, -0.2) is 0 Å². The number of aryl methyl sites for hydroxylation is 1. The zero-order chi connectivity index (χ0) is 8.55. The smallest absolute Gasteiger partial charge is 0.0152 e. The first-order valence-corrected chi connectivity index (χ1v) is 4.09. The fraction of sp³-hybridized carbons (Fsp3) is 0.0833. The van der Waals surface area contributed by atoms with Gasteiger partial charge in [-0.05, 0) is 30.2 Å². The number of hydrogen-bond acceptors (Lipinski definition) is 0. The molecule has 12 heavy (non-hydrogen) atoms. The molecule has 2 rings (SSSR count). The molecule has 0 aliphatic carbocycles. The molecule has 0 fully saturated rings. The minimum atomic E-state index is 1.10. The lowest BCUT2D eigenvalue weighted by Gasteiger charge is -2.01. The zero-order valence-electron chi connectivity index (χ0n) is 7.17. The highest BCUT2D eigenvalue weighted by atomic mass is 14.0. The highest BCUT2D eigenvalue weighted by molar-refractivity contribution is 5.86. The molecule has 1 radical (unpaired) electrons. The van der Waals surface area contributed by atoms with Crippen LogP contribution in [-0.2, 0) is 0 Å². The third kappa shape index (κ3) is 1.10. The van der Waals surface area contributed by atoms with E-state index in [4.69, 9.17) is 0 Å². The molecule has 0 aromatic heterocycles. The van der Waals surface area contributed by atoms with Crippen molar-refractivity contribution in [3.63, 3.8) is 0 Å². The third-order valence-corrected chi connectivity index (χ3v) is 2.13. The lowest BCUT2D eigenvalue weighted by Crippen LogP contribution is -1.78. The van der Waals surface area contributed by atoms with Gasteiger partial charge in [0.25, 0.3) is 0 Å². The first kappa shape index (κ1) is 7.35. The van der Waals surface area contributed by atoms with Gasteiger partial charge in [-0.15, -0.1) is 0 Å². The van der Waals surface area contributed by atoms with Crippen molar-refractivity contribution in [1.82, 2.24) is 0 Å². The predicted molar refractivity (Wildman–Crippen MR) is 53.1 cm³/mol. The van der Waals surface area contributed by atoms with Gasteiger partial charge < -0.3 is 0 Å². The zero-order valence-corrected chi connectivity index (χ0v) is 7.17. The molecule has 0 aliphatic rings. The first-order valence-electron chi connectivity index (χ1n) is 4.09. The van der Waals surface area contributed by atoms with Crippen LogP contribution < -0.4 is 0 Å². The summed E-state index contributed by atoms with van der Waals surface area (Å²) in [5, 5.41) is 2.53. The third-order valence-electron chi connectivity index (χ3n) is 2.13. The van der Waals surface area contributed by atoms with Gasteiger partial charge in [0.2, 0.25) is 0 Å². The van der Waals surface area contributed by atoms with Crippen molar-refractivity contribution in [3.05, 3.63) is 54.4 Å². The van der Waals surface area contributed by atoms with E-state index in [1.807, 2.05) is 12.1 Å². The maximum Gasteiger partial charge on any atom is -0.0152 e.